The predicted molar refractivity (Wildman–Crippen MR) is 65.1 cm³/mol. The molecule has 15 heavy (non-hydrogen) atoms. The lowest BCUT2D eigenvalue weighted by atomic mass is 10.1. The Labute approximate surface area is 90.9 Å². The Hall–Kier alpha value is -1.28. The van der Waals surface area contributed by atoms with Crippen LogP contribution in [0.25, 0.3) is 10.9 Å². The summed E-state index contributed by atoms with van der Waals surface area (Å²) < 4.78 is 2.26. The zero-order valence-corrected chi connectivity index (χ0v) is 9.83. The molecule has 1 aromatic carbocycles. The third kappa shape index (κ3) is 1.55. The van der Waals surface area contributed by atoms with Crippen LogP contribution >= 0.6 is 0 Å². The average Bonchev–Trinajstić information content (AvgIpc) is 2.54. The van der Waals surface area contributed by atoms with Crippen molar-refractivity contribution in [2.45, 2.75) is 19.9 Å². The second-order valence-corrected chi connectivity index (χ2v) is 4.14. The molecule has 0 radical (unpaired) electrons. The largest absolute Gasteiger partial charge is 0.348 e. The molecule has 0 saturated carbocycles. The lowest BCUT2D eigenvalue weighted by molar-refractivity contribution is 0.653. The number of fused-ring (bicyclic) bond motifs is 1. The summed E-state index contributed by atoms with van der Waals surface area (Å²) in [4.78, 5) is 0. The van der Waals surface area contributed by atoms with Gasteiger partial charge in [-0.25, -0.2) is 0 Å². The van der Waals surface area contributed by atoms with E-state index >= 15 is 0 Å². The maximum absolute atomic E-state index is 3.30. The van der Waals surface area contributed by atoms with Crippen LogP contribution in [0.4, 0.5) is 0 Å². The van der Waals surface area contributed by atoms with Crippen LogP contribution in [-0.2, 0) is 7.05 Å². The fourth-order valence-corrected chi connectivity index (χ4v) is 2.09. The highest BCUT2D eigenvalue weighted by Gasteiger charge is 2.10. The van der Waals surface area contributed by atoms with Crippen molar-refractivity contribution in [1.29, 1.82) is 0 Å². The highest BCUT2D eigenvalue weighted by Crippen LogP contribution is 2.26. The first kappa shape index (κ1) is 10.2. The van der Waals surface area contributed by atoms with E-state index in [0.717, 1.165) is 0 Å². The van der Waals surface area contributed by atoms with Crippen LogP contribution in [0.15, 0.2) is 24.3 Å². The van der Waals surface area contributed by atoms with Crippen molar-refractivity contribution >= 4 is 10.9 Å². The lowest BCUT2D eigenvalue weighted by Gasteiger charge is -2.13. The van der Waals surface area contributed by atoms with Gasteiger partial charge in [-0.05, 0) is 32.5 Å². The summed E-state index contributed by atoms with van der Waals surface area (Å²) >= 11 is 0. The predicted octanol–water partition coefficient (Wildman–Crippen LogP) is 2.77. The van der Waals surface area contributed by atoms with Crippen molar-refractivity contribution < 1.29 is 0 Å². The minimum atomic E-state index is 0.390. The number of para-hydroxylation sites is 1. The van der Waals surface area contributed by atoms with Crippen molar-refractivity contribution in [3.8, 4) is 0 Å². The SMILES string of the molecule is CNC(C)c1cccc2cc(C)n(C)c12. The Morgan fingerprint density at radius 3 is 2.73 bits per heavy atom. The zero-order valence-electron chi connectivity index (χ0n) is 9.83. The molecule has 1 aromatic heterocycles. The van der Waals surface area contributed by atoms with Gasteiger partial charge in [0.15, 0.2) is 0 Å². The van der Waals surface area contributed by atoms with E-state index in [2.05, 4.69) is 55.0 Å². The highest BCUT2D eigenvalue weighted by molar-refractivity contribution is 5.84. The van der Waals surface area contributed by atoms with Crippen LogP contribution in [0.1, 0.15) is 24.2 Å². The monoisotopic (exact) mass is 202 g/mol. The van der Waals surface area contributed by atoms with Crippen molar-refractivity contribution in [3.05, 3.63) is 35.5 Å². The minimum absolute atomic E-state index is 0.390. The van der Waals surface area contributed by atoms with Gasteiger partial charge in [0.1, 0.15) is 0 Å². The summed E-state index contributed by atoms with van der Waals surface area (Å²) in [6.45, 7) is 4.34. The number of aryl methyl sites for hydroxylation is 2. The van der Waals surface area contributed by atoms with Gasteiger partial charge in [-0.3, -0.25) is 0 Å². The van der Waals surface area contributed by atoms with E-state index in [1.165, 1.54) is 22.2 Å². The summed E-state index contributed by atoms with van der Waals surface area (Å²) in [6, 6.07) is 9.13. The number of nitrogens with zero attached hydrogens (tertiary/aromatic N) is 1. The molecule has 80 valence electrons. The highest BCUT2D eigenvalue weighted by atomic mass is 15.0. The molecule has 0 bridgehead atoms. The molecule has 0 spiro atoms. The molecule has 0 aliphatic rings. The van der Waals surface area contributed by atoms with Gasteiger partial charge < -0.3 is 9.88 Å². The van der Waals surface area contributed by atoms with Crippen LogP contribution < -0.4 is 5.32 Å². The molecule has 1 heterocycles. The number of hydrogen-bond acceptors (Lipinski definition) is 1. The van der Waals surface area contributed by atoms with Crippen molar-refractivity contribution in [2.24, 2.45) is 7.05 Å². The molecule has 1 atom stereocenters. The molecule has 0 aliphatic carbocycles. The molecule has 0 amide bonds. The summed E-state index contributed by atoms with van der Waals surface area (Å²) in [5, 5.41) is 4.62. The second-order valence-electron chi connectivity index (χ2n) is 4.14. The van der Waals surface area contributed by atoms with Gasteiger partial charge in [0.05, 0.1) is 5.52 Å². The number of rotatable bonds is 2. The average molecular weight is 202 g/mol. The van der Waals surface area contributed by atoms with E-state index in [4.69, 9.17) is 0 Å². The standard InChI is InChI=1S/C13H18N2/c1-9-8-11-6-5-7-12(10(2)14-3)13(11)15(9)4/h5-8,10,14H,1-4H3. The van der Waals surface area contributed by atoms with Gasteiger partial charge in [-0.15, -0.1) is 0 Å². The van der Waals surface area contributed by atoms with Crippen molar-refractivity contribution in [1.82, 2.24) is 9.88 Å². The Morgan fingerprint density at radius 2 is 2.07 bits per heavy atom. The molecule has 2 rings (SSSR count). The minimum Gasteiger partial charge on any atom is -0.348 e. The Morgan fingerprint density at radius 1 is 1.33 bits per heavy atom. The molecule has 0 aliphatic heterocycles. The van der Waals surface area contributed by atoms with Crippen LogP contribution in [0.3, 0.4) is 0 Å². The molecule has 2 nitrogen and oxygen atoms in total. The maximum Gasteiger partial charge on any atom is 0.0528 e. The number of nitrogens with one attached hydrogen (secondary N) is 1. The fourth-order valence-electron chi connectivity index (χ4n) is 2.09. The molecule has 0 fully saturated rings. The van der Waals surface area contributed by atoms with E-state index in [1.54, 1.807) is 0 Å². The zero-order chi connectivity index (χ0) is 11.0. The number of benzene rings is 1. The number of hydrogen-bond donors (Lipinski definition) is 1. The van der Waals surface area contributed by atoms with Crippen LogP contribution in [0.2, 0.25) is 0 Å². The van der Waals surface area contributed by atoms with Gasteiger partial charge in [0.2, 0.25) is 0 Å². The first-order chi connectivity index (χ1) is 7.15. The fraction of sp³-hybridized carbons (Fsp3) is 0.385. The Bertz CT molecular complexity index is 482. The third-order valence-electron chi connectivity index (χ3n) is 3.23. The normalized spacial score (nSPS) is 13.3. The lowest BCUT2D eigenvalue weighted by Crippen LogP contribution is -2.13. The molecular formula is C13H18N2. The molecular weight excluding hydrogens is 184 g/mol. The first-order valence-electron chi connectivity index (χ1n) is 5.37. The van der Waals surface area contributed by atoms with E-state index in [1.807, 2.05) is 7.05 Å². The molecule has 2 heteroatoms. The maximum atomic E-state index is 3.30. The van der Waals surface area contributed by atoms with Crippen LogP contribution in [0, 0.1) is 6.92 Å². The summed E-state index contributed by atoms with van der Waals surface area (Å²) in [5.74, 6) is 0. The number of aromatic nitrogens is 1. The topological polar surface area (TPSA) is 17.0 Å². The van der Waals surface area contributed by atoms with Crippen molar-refractivity contribution in [2.75, 3.05) is 7.05 Å². The van der Waals surface area contributed by atoms with Gasteiger partial charge in [-0.2, -0.15) is 0 Å². The van der Waals surface area contributed by atoms with Gasteiger partial charge in [0.25, 0.3) is 0 Å². The molecule has 2 aromatic rings. The van der Waals surface area contributed by atoms with E-state index < -0.39 is 0 Å². The smallest absolute Gasteiger partial charge is 0.0528 e. The molecule has 1 N–H and O–H groups in total. The van der Waals surface area contributed by atoms with E-state index in [0.29, 0.717) is 6.04 Å². The van der Waals surface area contributed by atoms with Crippen LogP contribution in [0.5, 0.6) is 0 Å². The molecule has 1 unspecified atom stereocenters. The van der Waals surface area contributed by atoms with Gasteiger partial charge in [0, 0.05) is 24.2 Å². The third-order valence-corrected chi connectivity index (χ3v) is 3.23. The molecule has 0 saturated heterocycles. The second kappa shape index (κ2) is 3.70. The van der Waals surface area contributed by atoms with Gasteiger partial charge >= 0.3 is 0 Å². The van der Waals surface area contributed by atoms with Crippen molar-refractivity contribution in [3.63, 3.8) is 0 Å². The Balaban J connectivity index is 2.74. The quantitative estimate of drug-likeness (QED) is 0.792. The summed E-state index contributed by atoms with van der Waals surface area (Å²) in [5.41, 5.74) is 4.02. The summed E-state index contributed by atoms with van der Waals surface area (Å²) in [6.07, 6.45) is 0. The van der Waals surface area contributed by atoms with Gasteiger partial charge in [-0.1, -0.05) is 18.2 Å². The summed E-state index contributed by atoms with van der Waals surface area (Å²) in [7, 11) is 4.13. The van der Waals surface area contributed by atoms with Crippen LogP contribution in [-0.4, -0.2) is 11.6 Å². The first-order valence-corrected chi connectivity index (χ1v) is 5.37. The van der Waals surface area contributed by atoms with E-state index in [9.17, 15) is 0 Å². The van der Waals surface area contributed by atoms with E-state index in [-0.39, 0.29) is 0 Å². The Kier molecular flexibility index (Phi) is 2.53.